The van der Waals surface area contributed by atoms with Crippen LogP contribution in [0.25, 0.3) is 0 Å². The number of halogens is 1. The predicted molar refractivity (Wildman–Crippen MR) is 112 cm³/mol. The van der Waals surface area contributed by atoms with Crippen LogP contribution in [-0.2, 0) is 17.9 Å². The molecule has 4 nitrogen and oxygen atoms in total. The van der Waals surface area contributed by atoms with E-state index in [1.165, 1.54) is 42.6 Å². The summed E-state index contributed by atoms with van der Waals surface area (Å²) in [5.41, 5.74) is 3.43. The summed E-state index contributed by atoms with van der Waals surface area (Å²) in [6.45, 7) is 5.26. The second-order valence-corrected chi connectivity index (χ2v) is 7.61. The number of piperidine rings is 1. The summed E-state index contributed by atoms with van der Waals surface area (Å²) in [5.74, 6) is -0.294. The van der Waals surface area contributed by atoms with Crippen molar-refractivity contribution in [1.29, 1.82) is 0 Å². The SMILES string of the molecule is C[C@H](C(=O)NCc1ccc(F)cc1)N(C)Cc1ccccc1N1CCCCC1. The highest BCUT2D eigenvalue weighted by atomic mass is 19.1. The molecule has 0 aromatic heterocycles. The summed E-state index contributed by atoms with van der Waals surface area (Å²) < 4.78 is 13.0. The van der Waals surface area contributed by atoms with Gasteiger partial charge in [0.25, 0.3) is 0 Å². The highest BCUT2D eigenvalue weighted by molar-refractivity contribution is 5.81. The number of hydrogen-bond donors (Lipinski definition) is 1. The fourth-order valence-electron chi connectivity index (χ4n) is 3.63. The number of nitrogens with zero attached hydrogens (tertiary/aromatic N) is 2. The molecule has 1 amide bonds. The molecule has 1 heterocycles. The zero-order chi connectivity index (χ0) is 19.9. The Morgan fingerprint density at radius 1 is 1.11 bits per heavy atom. The zero-order valence-corrected chi connectivity index (χ0v) is 16.8. The van der Waals surface area contributed by atoms with E-state index in [-0.39, 0.29) is 17.8 Å². The van der Waals surface area contributed by atoms with Crippen molar-refractivity contribution in [2.24, 2.45) is 0 Å². The first-order chi connectivity index (χ1) is 13.5. The van der Waals surface area contributed by atoms with Gasteiger partial charge in [0.15, 0.2) is 0 Å². The number of benzene rings is 2. The lowest BCUT2D eigenvalue weighted by Crippen LogP contribution is -2.42. The van der Waals surface area contributed by atoms with Crippen LogP contribution in [-0.4, -0.2) is 37.0 Å². The molecule has 0 aliphatic carbocycles. The molecular formula is C23H30FN3O. The van der Waals surface area contributed by atoms with E-state index < -0.39 is 0 Å². The van der Waals surface area contributed by atoms with E-state index in [0.717, 1.165) is 25.2 Å². The van der Waals surface area contributed by atoms with Gasteiger partial charge in [-0.3, -0.25) is 9.69 Å². The van der Waals surface area contributed by atoms with Crippen LogP contribution in [0.1, 0.15) is 37.3 Å². The minimum atomic E-state index is -0.268. The summed E-state index contributed by atoms with van der Waals surface area (Å²) >= 11 is 0. The lowest BCUT2D eigenvalue weighted by atomic mass is 10.1. The van der Waals surface area contributed by atoms with Crippen LogP contribution in [0.3, 0.4) is 0 Å². The van der Waals surface area contributed by atoms with E-state index in [1.54, 1.807) is 12.1 Å². The molecule has 1 aliphatic rings. The minimum Gasteiger partial charge on any atom is -0.371 e. The number of rotatable bonds is 7. The fraction of sp³-hybridized carbons (Fsp3) is 0.435. The first-order valence-corrected chi connectivity index (χ1v) is 10.1. The van der Waals surface area contributed by atoms with Gasteiger partial charge in [-0.05, 0) is 62.6 Å². The number of hydrogen-bond acceptors (Lipinski definition) is 3. The number of nitrogens with one attached hydrogen (secondary N) is 1. The van der Waals surface area contributed by atoms with Gasteiger partial charge < -0.3 is 10.2 Å². The predicted octanol–water partition coefficient (Wildman–Crippen LogP) is 3.95. The van der Waals surface area contributed by atoms with Crippen LogP contribution < -0.4 is 10.2 Å². The standard InChI is InChI=1S/C23H30FN3O/c1-18(23(28)25-16-19-10-12-21(24)13-11-19)26(2)17-20-8-4-5-9-22(20)27-14-6-3-7-15-27/h4-5,8-13,18H,3,6-7,14-17H2,1-2H3,(H,25,28)/t18-/m1/s1. The molecular weight excluding hydrogens is 353 g/mol. The first kappa shape index (κ1) is 20.3. The topological polar surface area (TPSA) is 35.6 Å². The van der Waals surface area contributed by atoms with Crippen molar-refractivity contribution >= 4 is 11.6 Å². The number of anilines is 1. The van der Waals surface area contributed by atoms with Crippen LogP contribution in [0.2, 0.25) is 0 Å². The summed E-state index contributed by atoms with van der Waals surface area (Å²) in [4.78, 5) is 17.1. The normalized spacial score (nSPS) is 15.5. The van der Waals surface area contributed by atoms with Gasteiger partial charge in [-0.1, -0.05) is 30.3 Å². The van der Waals surface area contributed by atoms with Gasteiger partial charge in [-0.15, -0.1) is 0 Å². The van der Waals surface area contributed by atoms with Crippen molar-refractivity contribution in [2.75, 3.05) is 25.0 Å². The average molecular weight is 384 g/mol. The van der Waals surface area contributed by atoms with E-state index in [4.69, 9.17) is 0 Å². The third kappa shape index (κ3) is 5.32. The molecule has 0 bridgehead atoms. The van der Waals surface area contributed by atoms with Gasteiger partial charge in [0.1, 0.15) is 5.82 Å². The van der Waals surface area contributed by atoms with Crippen molar-refractivity contribution in [2.45, 2.75) is 45.3 Å². The molecule has 1 N–H and O–H groups in total. The second-order valence-electron chi connectivity index (χ2n) is 7.61. The Labute approximate surface area is 167 Å². The average Bonchev–Trinajstić information content (AvgIpc) is 2.73. The molecule has 1 atom stereocenters. The van der Waals surface area contributed by atoms with Gasteiger partial charge in [0.05, 0.1) is 6.04 Å². The molecule has 1 fully saturated rings. The number of carbonyl (C=O) groups excluding carboxylic acids is 1. The quantitative estimate of drug-likeness (QED) is 0.786. The summed E-state index contributed by atoms with van der Waals surface area (Å²) in [6, 6.07) is 14.5. The minimum absolute atomic E-state index is 0.0257. The van der Waals surface area contributed by atoms with Crippen molar-refractivity contribution in [3.63, 3.8) is 0 Å². The molecule has 0 unspecified atom stereocenters. The smallest absolute Gasteiger partial charge is 0.237 e. The van der Waals surface area contributed by atoms with E-state index in [2.05, 4.69) is 39.4 Å². The Balaban J connectivity index is 1.58. The number of para-hydroxylation sites is 1. The molecule has 2 aromatic carbocycles. The summed E-state index contributed by atoms with van der Waals surface area (Å²) in [7, 11) is 1.98. The fourth-order valence-corrected chi connectivity index (χ4v) is 3.63. The molecule has 2 aromatic rings. The monoisotopic (exact) mass is 383 g/mol. The maximum absolute atomic E-state index is 13.0. The number of carbonyl (C=O) groups is 1. The zero-order valence-electron chi connectivity index (χ0n) is 16.8. The Hall–Kier alpha value is -2.40. The lowest BCUT2D eigenvalue weighted by Gasteiger charge is -2.32. The Kier molecular flexibility index (Phi) is 7.04. The van der Waals surface area contributed by atoms with Gasteiger partial charge >= 0.3 is 0 Å². The van der Waals surface area contributed by atoms with Gasteiger partial charge in [0.2, 0.25) is 5.91 Å². The largest absolute Gasteiger partial charge is 0.371 e. The molecule has 0 radical (unpaired) electrons. The number of likely N-dealkylation sites (N-methyl/N-ethyl adjacent to an activating group) is 1. The van der Waals surface area contributed by atoms with Gasteiger partial charge in [0, 0.05) is 31.9 Å². The molecule has 28 heavy (non-hydrogen) atoms. The van der Waals surface area contributed by atoms with Crippen molar-refractivity contribution in [3.05, 3.63) is 65.5 Å². The van der Waals surface area contributed by atoms with Crippen LogP contribution in [0.4, 0.5) is 10.1 Å². The molecule has 3 rings (SSSR count). The Bertz CT molecular complexity index is 772. The molecule has 150 valence electrons. The van der Waals surface area contributed by atoms with Crippen LogP contribution in [0, 0.1) is 5.82 Å². The molecule has 1 aliphatic heterocycles. The third-order valence-corrected chi connectivity index (χ3v) is 5.53. The van der Waals surface area contributed by atoms with E-state index >= 15 is 0 Å². The lowest BCUT2D eigenvalue weighted by molar-refractivity contribution is -0.125. The van der Waals surface area contributed by atoms with Crippen LogP contribution in [0.5, 0.6) is 0 Å². The molecule has 5 heteroatoms. The van der Waals surface area contributed by atoms with Crippen molar-refractivity contribution in [3.8, 4) is 0 Å². The van der Waals surface area contributed by atoms with Crippen LogP contribution >= 0.6 is 0 Å². The number of amides is 1. The maximum atomic E-state index is 13.0. The van der Waals surface area contributed by atoms with Crippen LogP contribution in [0.15, 0.2) is 48.5 Å². The molecule has 1 saturated heterocycles. The Morgan fingerprint density at radius 2 is 1.79 bits per heavy atom. The maximum Gasteiger partial charge on any atom is 0.237 e. The summed E-state index contributed by atoms with van der Waals surface area (Å²) in [5, 5.41) is 2.95. The third-order valence-electron chi connectivity index (χ3n) is 5.53. The highest BCUT2D eigenvalue weighted by Crippen LogP contribution is 2.25. The first-order valence-electron chi connectivity index (χ1n) is 10.1. The Morgan fingerprint density at radius 3 is 2.50 bits per heavy atom. The van der Waals surface area contributed by atoms with E-state index in [9.17, 15) is 9.18 Å². The van der Waals surface area contributed by atoms with Gasteiger partial charge in [-0.25, -0.2) is 4.39 Å². The van der Waals surface area contributed by atoms with E-state index in [0.29, 0.717) is 6.54 Å². The molecule has 0 spiro atoms. The molecule has 0 saturated carbocycles. The second kappa shape index (κ2) is 9.69. The summed E-state index contributed by atoms with van der Waals surface area (Å²) in [6.07, 6.45) is 3.79. The van der Waals surface area contributed by atoms with Crippen molar-refractivity contribution < 1.29 is 9.18 Å². The van der Waals surface area contributed by atoms with Gasteiger partial charge in [-0.2, -0.15) is 0 Å². The van der Waals surface area contributed by atoms with E-state index in [1.807, 2.05) is 14.0 Å². The van der Waals surface area contributed by atoms with Crippen molar-refractivity contribution in [1.82, 2.24) is 10.2 Å². The highest BCUT2D eigenvalue weighted by Gasteiger charge is 2.20.